The van der Waals surface area contributed by atoms with Crippen LogP contribution in [0.25, 0.3) is 16.6 Å². The predicted molar refractivity (Wildman–Crippen MR) is 169 cm³/mol. The molecule has 1 aliphatic rings. The normalized spacial score (nSPS) is 15.3. The van der Waals surface area contributed by atoms with E-state index >= 15 is 0 Å². The van der Waals surface area contributed by atoms with Crippen molar-refractivity contribution in [3.8, 4) is 11.1 Å². The first kappa shape index (κ1) is 29.8. The summed E-state index contributed by atoms with van der Waals surface area (Å²) in [4.78, 5) is 17.5. The fourth-order valence-electron chi connectivity index (χ4n) is 4.99. The predicted octanol–water partition coefficient (Wildman–Crippen LogP) is 6.46. The van der Waals surface area contributed by atoms with Gasteiger partial charge in [0.1, 0.15) is 6.10 Å². The maximum Gasteiger partial charge on any atom is 0.410 e. The number of hydrogen-bond acceptors (Lipinski definition) is 6. The molecule has 0 radical (unpaired) electrons. The number of aromatic nitrogens is 4. The van der Waals surface area contributed by atoms with Crippen molar-refractivity contribution in [3.05, 3.63) is 72.3 Å². The fraction of sp³-hybridized carbons (Fsp3) is 0.469. The van der Waals surface area contributed by atoms with Crippen LogP contribution in [0.3, 0.4) is 0 Å². The van der Waals surface area contributed by atoms with Crippen LogP contribution in [-0.4, -0.2) is 71.5 Å². The Morgan fingerprint density at radius 1 is 0.952 bits per heavy atom. The molecular weight excluding hydrogens is 544 g/mol. The molecule has 0 N–H and O–H groups in total. The molecule has 1 aliphatic heterocycles. The molecular formula is C32H44N6O3Si. The van der Waals surface area contributed by atoms with E-state index in [1.807, 2.05) is 41.3 Å². The maximum atomic E-state index is 13.4. The Morgan fingerprint density at radius 2 is 1.67 bits per heavy atom. The minimum Gasteiger partial charge on any atom is -0.441 e. The van der Waals surface area contributed by atoms with Crippen LogP contribution in [0.2, 0.25) is 18.1 Å². The van der Waals surface area contributed by atoms with Crippen LogP contribution in [0.15, 0.2) is 61.2 Å². The molecule has 0 aliphatic carbocycles. The summed E-state index contributed by atoms with van der Waals surface area (Å²) in [7, 11) is 0.0192. The lowest BCUT2D eigenvalue weighted by Crippen LogP contribution is -2.49. The number of pyridine rings is 1. The number of nitrogens with zero attached hydrogens (tertiary/aromatic N) is 6. The average Bonchev–Trinajstić information content (AvgIpc) is 3.58. The van der Waals surface area contributed by atoms with Gasteiger partial charge < -0.3 is 19.0 Å². The highest BCUT2D eigenvalue weighted by Gasteiger charge is 2.37. The van der Waals surface area contributed by atoms with E-state index in [1.165, 1.54) is 5.56 Å². The first-order valence-corrected chi connectivity index (χ1v) is 17.7. The van der Waals surface area contributed by atoms with Gasteiger partial charge in [0.15, 0.2) is 8.32 Å². The van der Waals surface area contributed by atoms with Crippen LogP contribution in [0, 0.1) is 6.92 Å². The van der Waals surface area contributed by atoms with Crippen molar-refractivity contribution in [2.24, 2.45) is 7.05 Å². The van der Waals surface area contributed by atoms with Gasteiger partial charge in [0.2, 0.25) is 0 Å². The third kappa shape index (κ3) is 6.55. The second-order valence-electron chi connectivity index (χ2n) is 12.8. The number of aryl methyl sites for hydroxylation is 2. The van der Waals surface area contributed by atoms with Crippen LogP contribution in [0.1, 0.15) is 44.4 Å². The molecule has 10 heteroatoms. The van der Waals surface area contributed by atoms with E-state index in [9.17, 15) is 4.79 Å². The van der Waals surface area contributed by atoms with Crippen LogP contribution in [0.5, 0.6) is 0 Å². The molecule has 224 valence electrons. The highest BCUT2D eigenvalue weighted by Crippen LogP contribution is 2.37. The fourth-order valence-corrected chi connectivity index (χ4v) is 6.06. The molecule has 9 nitrogen and oxygen atoms in total. The summed E-state index contributed by atoms with van der Waals surface area (Å²) in [6, 6.07) is 12.5. The third-order valence-electron chi connectivity index (χ3n) is 8.75. The zero-order chi connectivity index (χ0) is 30.1. The molecule has 42 heavy (non-hydrogen) atoms. The molecule has 1 aromatic carbocycles. The van der Waals surface area contributed by atoms with Gasteiger partial charge in [-0.3, -0.25) is 4.68 Å². The monoisotopic (exact) mass is 588 g/mol. The SMILES string of the molecule is Cc1ccc(C(CCO[Si](C)(C)C(C)(C)C)OC(=O)N2CCN(c3cnn4cc(-c5cnn(C)c5)ccc34)CC2)cc1. The smallest absolute Gasteiger partial charge is 0.410 e. The summed E-state index contributed by atoms with van der Waals surface area (Å²) in [6.45, 7) is 16.5. The van der Waals surface area contributed by atoms with E-state index < -0.39 is 8.32 Å². The van der Waals surface area contributed by atoms with E-state index in [0.29, 0.717) is 39.2 Å². The van der Waals surface area contributed by atoms with E-state index in [1.54, 1.807) is 4.68 Å². The Balaban J connectivity index is 1.21. The molecule has 3 aromatic heterocycles. The zero-order valence-electron chi connectivity index (χ0n) is 26.0. The summed E-state index contributed by atoms with van der Waals surface area (Å²) < 4.78 is 16.3. The van der Waals surface area contributed by atoms with Gasteiger partial charge in [0.25, 0.3) is 0 Å². The Bertz CT molecular complexity index is 1510. The van der Waals surface area contributed by atoms with Crippen molar-refractivity contribution in [1.29, 1.82) is 0 Å². The molecule has 4 aromatic rings. The Morgan fingerprint density at radius 3 is 2.31 bits per heavy atom. The summed E-state index contributed by atoms with van der Waals surface area (Å²) in [5.74, 6) is 0. The Hall–Kier alpha value is -3.63. The molecule has 5 rings (SSSR count). The highest BCUT2D eigenvalue weighted by atomic mass is 28.4. The molecule has 1 saturated heterocycles. The number of carbonyl (C=O) groups excluding carboxylic acids is 1. The van der Waals surface area contributed by atoms with Gasteiger partial charge >= 0.3 is 6.09 Å². The number of benzene rings is 1. The van der Waals surface area contributed by atoms with Crippen molar-refractivity contribution < 1.29 is 14.0 Å². The molecule has 4 heterocycles. The molecule has 0 spiro atoms. The van der Waals surface area contributed by atoms with Gasteiger partial charge in [-0.25, -0.2) is 9.31 Å². The van der Waals surface area contributed by atoms with E-state index in [0.717, 1.165) is 27.9 Å². The number of piperazine rings is 1. The van der Waals surface area contributed by atoms with Gasteiger partial charge in [-0.05, 0) is 36.7 Å². The van der Waals surface area contributed by atoms with Crippen molar-refractivity contribution >= 4 is 25.6 Å². The van der Waals surface area contributed by atoms with Crippen LogP contribution in [-0.2, 0) is 16.2 Å². The molecule has 1 fully saturated rings. The average molecular weight is 589 g/mol. The minimum atomic E-state index is -1.89. The highest BCUT2D eigenvalue weighted by molar-refractivity contribution is 6.74. The number of amides is 1. The number of hydrogen-bond donors (Lipinski definition) is 0. The zero-order valence-corrected chi connectivity index (χ0v) is 27.0. The summed E-state index contributed by atoms with van der Waals surface area (Å²) in [5, 5.41) is 9.02. The molecule has 1 atom stereocenters. The second-order valence-corrected chi connectivity index (χ2v) is 17.6. The number of rotatable bonds is 8. The van der Waals surface area contributed by atoms with Gasteiger partial charge in [-0.2, -0.15) is 10.2 Å². The topological polar surface area (TPSA) is 77.1 Å². The number of anilines is 1. The summed E-state index contributed by atoms with van der Waals surface area (Å²) in [5.41, 5.74) is 6.41. The molecule has 1 amide bonds. The van der Waals surface area contributed by atoms with Gasteiger partial charge in [0, 0.05) is 69.8 Å². The standard InChI is InChI=1S/C32H44N6O3Si/c1-24-8-10-25(11-9-24)30(14-19-40-42(6,7)32(2,3)4)41-31(39)37-17-15-36(16-18-37)29-21-34-38-23-26(12-13-28(29)38)27-20-33-35(5)22-27/h8-13,20-23,30H,14-19H2,1-7H3. The van der Waals surface area contributed by atoms with Gasteiger partial charge in [-0.15, -0.1) is 0 Å². The Kier molecular flexibility index (Phi) is 8.48. The first-order chi connectivity index (χ1) is 19.9. The maximum absolute atomic E-state index is 13.4. The summed E-state index contributed by atoms with van der Waals surface area (Å²) in [6.07, 6.45) is 7.80. The number of ether oxygens (including phenoxy) is 1. The van der Waals surface area contributed by atoms with Gasteiger partial charge in [0.05, 0.1) is 23.6 Å². The first-order valence-electron chi connectivity index (χ1n) is 14.8. The van der Waals surface area contributed by atoms with Crippen molar-refractivity contribution in [1.82, 2.24) is 24.3 Å². The Labute approximate surface area is 250 Å². The van der Waals surface area contributed by atoms with Crippen molar-refractivity contribution in [3.63, 3.8) is 0 Å². The lowest BCUT2D eigenvalue weighted by atomic mass is 10.1. The quantitative estimate of drug-likeness (QED) is 0.220. The molecule has 0 saturated carbocycles. The minimum absolute atomic E-state index is 0.130. The van der Waals surface area contributed by atoms with Crippen LogP contribution in [0.4, 0.5) is 10.5 Å². The van der Waals surface area contributed by atoms with E-state index in [2.05, 4.69) is 92.3 Å². The van der Waals surface area contributed by atoms with Crippen molar-refractivity contribution in [2.75, 3.05) is 37.7 Å². The second kappa shape index (κ2) is 11.9. The van der Waals surface area contributed by atoms with E-state index in [-0.39, 0.29) is 17.2 Å². The van der Waals surface area contributed by atoms with Crippen LogP contribution < -0.4 is 4.90 Å². The van der Waals surface area contributed by atoms with Crippen LogP contribution >= 0.6 is 0 Å². The lowest BCUT2D eigenvalue weighted by molar-refractivity contribution is 0.0496. The largest absolute Gasteiger partial charge is 0.441 e. The third-order valence-corrected chi connectivity index (χ3v) is 13.3. The molecule has 1 unspecified atom stereocenters. The summed E-state index contributed by atoms with van der Waals surface area (Å²) >= 11 is 0. The molecule has 0 bridgehead atoms. The van der Waals surface area contributed by atoms with E-state index in [4.69, 9.17) is 9.16 Å². The number of carbonyl (C=O) groups is 1. The van der Waals surface area contributed by atoms with Gasteiger partial charge in [-0.1, -0.05) is 56.7 Å². The number of fused-ring (bicyclic) bond motifs is 1. The van der Waals surface area contributed by atoms with Crippen molar-refractivity contribution in [2.45, 2.75) is 58.4 Å². The lowest BCUT2D eigenvalue weighted by Gasteiger charge is -2.37.